The molecule has 2 heterocycles. The Balaban J connectivity index is 1.49. The van der Waals surface area contributed by atoms with Crippen LogP contribution >= 0.6 is 0 Å². The van der Waals surface area contributed by atoms with Crippen molar-refractivity contribution in [2.75, 3.05) is 26.0 Å². The van der Waals surface area contributed by atoms with Crippen molar-refractivity contribution in [3.05, 3.63) is 30.3 Å². The Labute approximate surface area is 157 Å². The molecule has 0 saturated carbocycles. The molecule has 1 aliphatic rings. The van der Waals surface area contributed by atoms with Crippen molar-refractivity contribution in [2.45, 2.75) is 25.4 Å². The van der Waals surface area contributed by atoms with Crippen LogP contribution in [0.1, 0.15) is 12.8 Å². The van der Waals surface area contributed by atoms with Gasteiger partial charge in [0.2, 0.25) is 15.8 Å². The molecule has 0 atom stereocenters. The summed E-state index contributed by atoms with van der Waals surface area (Å²) in [4.78, 5) is 14.3. The fraction of sp³-hybridized carbons (Fsp3) is 0.500. The molecular weight excluding hydrogens is 372 g/mol. The molecule has 0 spiro atoms. The van der Waals surface area contributed by atoms with Gasteiger partial charge in [0.15, 0.2) is 0 Å². The summed E-state index contributed by atoms with van der Waals surface area (Å²) in [7, 11) is -2.16. The molecule has 11 heteroatoms. The molecular formula is C16H22N6O4S. The second-order valence-corrected chi connectivity index (χ2v) is 8.12. The first-order chi connectivity index (χ1) is 13.0. The monoisotopic (exact) mass is 394 g/mol. The number of ether oxygens (including phenoxy) is 1. The van der Waals surface area contributed by atoms with Crippen LogP contribution in [0, 0.1) is 0 Å². The number of aromatic nitrogens is 4. The Morgan fingerprint density at radius 2 is 1.96 bits per heavy atom. The maximum absolute atomic E-state index is 12.3. The maximum atomic E-state index is 12.3. The summed E-state index contributed by atoms with van der Waals surface area (Å²) in [6.07, 6.45) is 0.713. The quantitative estimate of drug-likeness (QED) is 0.757. The summed E-state index contributed by atoms with van der Waals surface area (Å²) < 4.78 is 32.0. The number of carbonyl (C=O) groups is 1. The lowest BCUT2D eigenvalue weighted by atomic mass is 10.1. The first-order valence-corrected chi connectivity index (χ1v) is 10.3. The fourth-order valence-corrected chi connectivity index (χ4v) is 4.13. The van der Waals surface area contributed by atoms with Gasteiger partial charge in [-0.15, -0.1) is 10.2 Å². The van der Waals surface area contributed by atoms with Crippen LogP contribution in [0.2, 0.25) is 0 Å². The van der Waals surface area contributed by atoms with Gasteiger partial charge in [-0.3, -0.25) is 0 Å². The summed E-state index contributed by atoms with van der Waals surface area (Å²) in [5.74, 6) is 0.311. The molecule has 27 heavy (non-hydrogen) atoms. The number of hydrogen-bond acceptors (Lipinski definition) is 7. The van der Waals surface area contributed by atoms with Crippen LogP contribution in [0.3, 0.4) is 0 Å². The molecule has 0 aliphatic carbocycles. The lowest BCUT2D eigenvalue weighted by molar-refractivity contribution is 0.111. The molecule has 10 nitrogen and oxygen atoms in total. The second-order valence-electron chi connectivity index (χ2n) is 6.24. The molecule has 146 valence electrons. The first-order valence-electron chi connectivity index (χ1n) is 8.63. The number of piperidine rings is 1. The Bertz CT molecular complexity index is 862. The van der Waals surface area contributed by atoms with Gasteiger partial charge in [-0.1, -0.05) is 30.3 Å². The third kappa shape index (κ3) is 5.23. The van der Waals surface area contributed by atoms with E-state index in [1.54, 1.807) is 4.90 Å². The molecule has 1 fully saturated rings. The van der Waals surface area contributed by atoms with Crippen molar-refractivity contribution in [3.63, 3.8) is 0 Å². The van der Waals surface area contributed by atoms with Crippen molar-refractivity contribution in [1.82, 2.24) is 29.8 Å². The summed E-state index contributed by atoms with van der Waals surface area (Å²) >= 11 is 0. The van der Waals surface area contributed by atoms with E-state index in [0.29, 0.717) is 31.8 Å². The van der Waals surface area contributed by atoms with Crippen LogP contribution in [0.25, 0.3) is 11.4 Å². The molecule has 1 amide bonds. The third-order valence-electron chi connectivity index (χ3n) is 4.32. The van der Waals surface area contributed by atoms with Crippen LogP contribution in [0.5, 0.6) is 0 Å². The van der Waals surface area contributed by atoms with E-state index in [-0.39, 0.29) is 24.4 Å². The normalized spacial score (nSPS) is 15.7. The highest BCUT2D eigenvalue weighted by molar-refractivity contribution is 7.89. The van der Waals surface area contributed by atoms with Gasteiger partial charge in [0, 0.05) is 24.7 Å². The minimum Gasteiger partial charge on any atom is -0.453 e. The van der Waals surface area contributed by atoms with Crippen LogP contribution in [-0.2, 0) is 21.3 Å². The number of hydrogen-bond donors (Lipinski definition) is 1. The minimum absolute atomic E-state index is 0.107. The van der Waals surface area contributed by atoms with Crippen LogP contribution in [0.4, 0.5) is 4.79 Å². The lowest BCUT2D eigenvalue weighted by Gasteiger charge is -2.31. The highest BCUT2D eigenvalue weighted by atomic mass is 32.2. The van der Waals surface area contributed by atoms with Crippen molar-refractivity contribution < 1.29 is 17.9 Å². The SMILES string of the molecule is COC(=O)N1CCC(NS(=O)(=O)CCn2nnc(-c3ccccc3)n2)CC1. The molecule has 1 saturated heterocycles. The summed E-state index contributed by atoms with van der Waals surface area (Å²) in [5, 5.41) is 12.1. The molecule has 0 bridgehead atoms. The zero-order valence-electron chi connectivity index (χ0n) is 15.0. The van der Waals surface area contributed by atoms with Gasteiger partial charge in [0.25, 0.3) is 0 Å². The molecule has 1 aliphatic heterocycles. The summed E-state index contributed by atoms with van der Waals surface area (Å²) in [6, 6.07) is 9.16. The van der Waals surface area contributed by atoms with Crippen LogP contribution < -0.4 is 4.72 Å². The number of tetrazole rings is 1. The number of nitrogens with zero attached hydrogens (tertiary/aromatic N) is 5. The third-order valence-corrected chi connectivity index (χ3v) is 5.73. The topological polar surface area (TPSA) is 119 Å². The number of rotatable bonds is 6. The Morgan fingerprint density at radius 1 is 1.26 bits per heavy atom. The first kappa shape index (κ1) is 19.2. The maximum Gasteiger partial charge on any atom is 0.409 e. The van der Waals surface area contributed by atoms with Crippen molar-refractivity contribution in [1.29, 1.82) is 0 Å². The fourth-order valence-electron chi connectivity index (χ4n) is 2.86. The number of sulfonamides is 1. The number of amides is 1. The van der Waals surface area contributed by atoms with Gasteiger partial charge in [-0.25, -0.2) is 17.9 Å². The Hall–Kier alpha value is -2.53. The Morgan fingerprint density at radius 3 is 2.63 bits per heavy atom. The van der Waals surface area contributed by atoms with Gasteiger partial charge in [0.1, 0.15) is 0 Å². The predicted molar refractivity (Wildman–Crippen MR) is 97.2 cm³/mol. The standard InChI is InChI=1S/C16H22N6O4S/c1-26-16(23)21-9-7-14(8-10-21)19-27(24,25)12-11-22-18-15(17-20-22)13-5-3-2-4-6-13/h2-6,14,19H,7-12H2,1H3. The van der Waals surface area contributed by atoms with Gasteiger partial charge in [-0.2, -0.15) is 4.80 Å². The zero-order chi connectivity index (χ0) is 19.3. The highest BCUT2D eigenvalue weighted by Gasteiger charge is 2.26. The van der Waals surface area contributed by atoms with E-state index in [0.717, 1.165) is 5.56 Å². The van der Waals surface area contributed by atoms with Crippen molar-refractivity contribution in [3.8, 4) is 11.4 Å². The van der Waals surface area contributed by atoms with Gasteiger partial charge in [-0.05, 0) is 18.1 Å². The van der Waals surface area contributed by atoms with E-state index in [1.165, 1.54) is 11.9 Å². The number of nitrogens with one attached hydrogen (secondary N) is 1. The van der Waals surface area contributed by atoms with Crippen molar-refractivity contribution >= 4 is 16.1 Å². The van der Waals surface area contributed by atoms with Gasteiger partial charge < -0.3 is 9.64 Å². The van der Waals surface area contributed by atoms with E-state index < -0.39 is 10.0 Å². The molecule has 1 aromatic heterocycles. The van der Waals surface area contributed by atoms with E-state index in [4.69, 9.17) is 0 Å². The smallest absolute Gasteiger partial charge is 0.409 e. The molecule has 0 unspecified atom stereocenters. The van der Waals surface area contributed by atoms with E-state index in [1.807, 2.05) is 30.3 Å². The lowest BCUT2D eigenvalue weighted by Crippen LogP contribution is -2.47. The van der Waals surface area contributed by atoms with Crippen molar-refractivity contribution in [2.24, 2.45) is 0 Å². The average Bonchev–Trinajstić information content (AvgIpc) is 3.16. The van der Waals surface area contributed by atoms with E-state index >= 15 is 0 Å². The van der Waals surface area contributed by atoms with Gasteiger partial charge >= 0.3 is 6.09 Å². The van der Waals surface area contributed by atoms with Gasteiger partial charge in [0.05, 0.1) is 19.4 Å². The largest absolute Gasteiger partial charge is 0.453 e. The summed E-state index contributed by atoms with van der Waals surface area (Å²) in [5.41, 5.74) is 0.821. The highest BCUT2D eigenvalue weighted by Crippen LogP contribution is 2.13. The number of benzene rings is 1. The number of likely N-dealkylation sites (tertiary alicyclic amines) is 1. The molecule has 2 aromatic rings. The number of aryl methyl sites for hydroxylation is 1. The number of methoxy groups -OCH3 is 1. The predicted octanol–water partition coefficient (Wildman–Crippen LogP) is 0.490. The molecule has 0 radical (unpaired) electrons. The Kier molecular flexibility index (Phi) is 6.01. The average molecular weight is 394 g/mol. The second kappa shape index (κ2) is 8.44. The molecule has 3 rings (SSSR count). The minimum atomic E-state index is -3.49. The van der Waals surface area contributed by atoms with E-state index in [2.05, 4.69) is 24.9 Å². The zero-order valence-corrected chi connectivity index (χ0v) is 15.8. The van der Waals surface area contributed by atoms with Crippen LogP contribution in [-0.4, -0.2) is 71.6 Å². The summed E-state index contributed by atoms with van der Waals surface area (Å²) in [6.45, 7) is 1.03. The van der Waals surface area contributed by atoms with Crippen LogP contribution in [0.15, 0.2) is 30.3 Å². The molecule has 1 N–H and O–H groups in total. The number of carbonyl (C=O) groups excluding carboxylic acids is 1. The molecule has 1 aromatic carbocycles. The van der Waals surface area contributed by atoms with E-state index in [9.17, 15) is 13.2 Å².